The van der Waals surface area contributed by atoms with Gasteiger partial charge in [0.1, 0.15) is 12.4 Å². The molecule has 1 aliphatic heterocycles. The Morgan fingerprint density at radius 3 is 2.57 bits per heavy atom. The summed E-state index contributed by atoms with van der Waals surface area (Å²) in [5.41, 5.74) is 0. The molecule has 0 aromatic carbocycles. The molecule has 0 amide bonds. The lowest BCUT2D eigenvalue weighted by Crippen LogP contribution is -2.14. The van der Waals surface area contributed by atoms with E-state index in [0.717, 1.165) is 6.29 Å². The molecule has 5 nitrogen and oxygen atoms in total. The third kappa shape index (κ3) is 3.19. The minimum atomic E-state index is -3.33. The Bertz CT molecular complexity index is 322. The van der Waals surface area contributed by atoms with Crippen LogP contribution in [-0.2, 0) is 19.6 Å². The van der Waals surface area contributed by atoms with Gasteiger partial charge < -0.3 is 9.53 Å². The van der Waals surface area contributed by atoms with Gasteiger partial charge in [0, 0.05) is 6.21 Å². The Balaban J connectivity index is 2.51. The minimum absolute atomic E-state index is 0.0205. The zero-order valence-corrected chi connectivity index (χ0v) is 8.74. The van der Waals surface area contributed by atoms with Crippen LogP contribution in [0.4, 0.5) is 0 Å². The highest BCUT2D eigenvalue weighted by molar-refractivity contribution is 7.90. The standard InChI is InChI=1S/C8H13NO4S/c1-2-14(11,12)9-5-7-3-4-8(6-10)13-7/h5-8H,2-4H2,1H3/t7-,8+/m1/s1. The fourth-order valence-corrected chi connectivity index (χ4v) is 1.60. The van der Waals surface area contributed by atoms with Crippen molar-refractivity contribution in [1.29, 1.82) is 0 Å². The van der Waals surface area contributed by atoms with Crippen LogP contribution in [0, 0.1) is 0 Å². The van der Waals surface area contributed by atoms with Crippen molar-refractivity contribution in [3.63, 3.8) is 0 Å². The maximum Gasteiger partial charge on any atom is 0.252 e. The van der Waals surface area contributed by atoms with E-state index in [9.17, 15) is 13.2 Å². The molecule has 1 rings (SSSR count). The summed E-state index contributed by atoms with van der Waals surface area (Å²) in [7, 11) is -3.33. The van der Waals surface area contributed by atoms with E-state index in [0.29, 0.717) is 12.8 Å². The Morgan fingerprint density at radius 1 is 1.43 bits per heavy atom. The number of ether oxygens (including phenoxy) is 1. The number of hydrogen-bond acceptors (Lipinski definition) is 4. The van der Waals surface area contributed by atoms with Gasteiger partial charge in [-0.2, -0.15) is 4.40 Å². The number of carbonyl (C=O) groups is 1. The lowest BCUT2D eigenvalue weighted by molar-refractivity contribution is -0.116. The largest absolute Gasteiger partial charge is 0.362 e. The highest BCUT2D eigenvalue weighted by Gasteiger charge is 2.23. The smallest absolute Gasteiger partial charge is 0.252 e. The summed E-state index contributed by atoms with van der Waals surface area (Å²) < 4.78 is 30.6. The normalized spacial score (nSPS) is 28.4. The second kappa shape index (κ2) is 4.65. The molecule has 1 heterocycles. The Hall–Kier alpha value is -0.750. The average molecular weight is 219 g/mol. The predicted molar refractivity (Wildman–Crippen MR) is 51.9 cm³/mol. The van der Waals surface area contributed by atoms with Crippen LogP contribution < -0.4 is 0 Å². The van der Waals surface area contributed by atoms with Gasteiger partial charge in [0.25, 0.3) is 10.0 Å². The Kier molecular flexibility index (Phi) is 3.77. The SMILES string of the molecule is CCS(=O)(=O)N=C[C@H]1CC[C@@H](C=O)O1. The third-order valence-corrected chi connectivity index (χ3v) is 3.16. The second-order valence-corrected chi connectivity index (χ2v) is 5.00. The lowest BCUT2D eigenvalue weighted by atomic mass is 10.2. The third-order valence-electron chi connectivity index (χ3n) is 1.99. The fourth-order valence-electron chi connectivity index (χ4n) is 1.13. The molecule has 0 N–H and O–H groups in total. The van der Waals surface area contributed by atoms with Crippen molar-refractivity contribution in [3.8, 4) is 0 Å². The second-order valence-electron chi connectivity index (χ2n) is 3.05. The van der Waals surface area contributed by atoms with E-state index in [1.165, 1.54) is 13.1 Å². The van der Waals surface area contributed by atoms with Gasteiger partial charge in [-0.05, 0) is 19.8 Å². The molecule has 6 heteroatoms. The van der Waals surface area contributed by atoms with Crippen LogP contribution in [0.3, 0.4) is 0 Å². The van der Waals surface area contributed by atoms with Crippen molar-refractivity contribution in [2.24, 2.45) is 4.40 Å². The quantitative estimate of drug-likeness (QED) is 0.498. The molecule has 80 valence electrons. The maximum absolute atomic E-state index is 11.0. The van der Waals surface area contributed by atoms with Crippen LogP contribution in [0.1, 0.15) is 19.8 Å². The maximum atomic E-state index is 11.0. The van der Waals surface area contributed by atoms with Crippen molar-refractivity contribution in [3.05, 3.63) is 0 Å². The first kappa shape index (κ1) is 11.3. The van der Waals surface area contributed by atoms with E-state index in [2.05, 4.69) is 4.40 Å². The number of rotatable bonds is 4. The molecule has 14 heavy (non-hydrogen) atoms. The average Bonchev–Trinajstić information content (AvgIpc) is 2.63. The number of aldehydes is 1. The molecule has 0 aliphatic carbocycles. The summed E-state index contributed by atoms with van der Waals surface area (Å²) >= 11 is 0. The fraction of sp³-hybridized carbons (Fsp3) is 0.750. The zero-order valence-electron chi connectivity index (χ0n) is 7.92. The number of nitrogens with zero attached hydrogens (tertiary/aromatic N) is 1. The van der Waals surface area contributed by atoms with E-state index >= 15 is 0 Å². The van der Waals surface area contributed by atoms with Crippen LogP contribution in [0.25, 0.3) is 0 Å². The van der Waals surface area contributed by atoms with Gasteiger partial charge in [-0.25, -0.2) is 8.42 Å². The summed E-state index contributed by atoms with van der Waals surface area (Å²) in [6, 6.07) is 0. The topological polar surface area (TPSA) is 72.8 Å². The highest BCUT2D eigenvalue weighted by Crippen LogP contribution is 2.16. The summed E-state index contributed by atoms with van der Waals surface area (Å²) in [5.74, 6) is -0.0205. The number of carbonyl (C=O) groups excluding carboxylic acids is 1. The first-order chi connectivity index (χ1) is 6.57. The van der Waals surface area contributed by atoms with Crippen molar-refractivity contribution in [2.45, 2.75) is 32.0 Å². The number of sulfonamides is 1. The predicted octanol–water partition coefficient (Wildman–Crippen LogP) is 0.153. The van der Waals surface area contributed by atoms with Crippen molar-refractivity contribution in [1.82, 2.24) is 0 Å². The molecule has 1 saturated heterocycles. The molecule has 2 atom stereocenters. The molecule has 0 aromatic heterocycles. The van der Waals surface area contributed by atoms with E-state index in [4.69, 9.17) is 4.74 Å². The van der Waals surface area contributed by atoms with Crippen molar-refractivity contribution < 1.29 is 17.9 Å². The molecule has 0 bridgehead atoms. The summed E-state index contributed by atoms with van der Waals surface area (Å²) in [4.78, 5) is 10.3. The van der Waals surface area contributed by atoms with Gasteiger partial charge in [0.05, 0.1) is 11.9 Å². The molecular weight excluding hydrogens is 206 g/mol. The highest BCUT2D eigenvalue weighted by atomic mass is 32.2. The van der Waals surface area contributed by atoms with E-state index in [1.54, 1.807) is 0 Å². The first-order valence-electron chi connectivity index (χ1n) is 4.46. The van der Waals surface area contributed by atoms with Gasteiger partial charge in [-0.3, -0.25) is 0 Å². The zero-order chi connectivity index (χ0) is 10.6. The van der Waals surface area contributed by atoms with Crippen LogP contribution in [0.5, 0.6) is 0 Å². The summed E-state index contributed by atoms with van der Waals surface area (Å²) in [6.45, 7) is 1.52. The molecule has 0 unspecified atom stereocenters. The summed E-state index contributed by atoms with van der Waals surface area (Å²) in [6.07, 6.45) is 2.52. The number of hydrogen-bond donors (Lipinski definition) is 0. The molecular formula is C8H13NO4S. The molecule has 1 aliphatic rings. The molecule has 1 fully saturated rings. The molecule has 0 radical (unpaired) electrons. The lowest BCUT2D eigenvalue weighted by Gasteiger charge is -2.03. The van der Waals surface area contributed by atoms with E-state index in [1.807, 2.05) is 0 Å². The van der Waals surface area contributed by atoms with Crippen LogP contribution in [0.2, 0.25) is 0 Å². The summed E-state index contributed by atoms with van der Waals surface area (Å²) in [5, 5.41) is 0. The molecule has 0 aromatic rings. The first-order valence-corrected chi connectivity index (χ1v) is 6.07. The monoisotopic (exact) mass is 219 g/mol. The van der Waals surface area contributed by atoms with Gasteiger partial charge >= 0.3 is 0 Å². The van der Waals surface area contributed by atoms with Gasteiger partial charge in [-0.1, -0.05) is 0 Å². The van der Waals surface area contributed by atoms with Crippen LogP contribution in [-0.4, -0.2) is 38.9 Å². The van der Waals surface area contributed by atoms with E-state index in [-0.39, 0.29) is 11.9 Å². The van der Waals surface area contributed by atoms with E-state index < -0.39 is 16.1 Å². The molecule has 0 spiro atoms. The van der Waals surface area contributed by atoms with Crippen LogP contribution >= 0.6 is 0 Å². The Morgan fingerprint density at radius 2 is 2.07 bits per heavy atom. The molecule has 0 saturated carbocycles. The van der Waals surface area contributed by atoms with Crippen molar-refractivity contribution in [2.75, 3.05) is 5.75 Å². The Labute approximate surface area is 83.2 Å². The van der Waals surface area contributed by atoms with Crippen molar-refractivity contribution >= 4 is 22.5 Å². The van der Waals surface area contributed by atoms with Gasteiger partial charge in [-0.15, -0.1) is 0 Å². The van der Waals surface area contributed by atoms with Gasteiger partial charge in [0.15, 0.2) is 0 Å². The minimum Gasteiger partial charge on any atom is -0.362 e. The van der Waals surface area contributed by atoms with Gasteiger partial charge in [0.2, 0.25) is 0 Å². The van der Waals surface area contributed by atoms with Crippen LogP contribution in [0.15, 0.2) is 4.40 Å².